The standard InChI is InChI=1S/C15H14N2O3/c1-2-13-16-7-8-17(13)9-11-10-5-3-4-6-12(10)20-14(11)15(18)19/h3-8H,2,9H2,1H3,(H,18,19). The fraction of sp³-hybridized carbons (Fsp3) is 0.200. The Balaban J connectivity index is 2.14. The number of rotatable bonds is 4. The molecule has 2 aromatic heterocycles. The smallest absolute Gasteiger partial charge is 0.372 e. The highest BCUT2D eigenvalue weighted by molar-refractivity contribution is 5.95. The van der Waals surface area contributed by atoms with Crippen molar-refractivity contribution < 1.29 is 14.3 Å². The predicted molar refractivity (Wildman–Crippen MR) is 73.9 cm³/mol. The molecule has 2 heterocycles. The summed E-state index contributed by atoms with van der Waals surface area (Å²) in [6.45, 7) is 2.46. The van der Waals surface area contributed by atoms with E-state index in [4.69, 9.17) is 4.42 Å². The number of imidazole rings is 1. The Labute approximate surface area is 115 Å². The predicted octanol–water partition coefficient (Wildman–Crippen LogP) is 2.94. The molecule has 1 N–H and O–H groups in total. The summed E-state index contributed by atoms with van der Waals surface area (Å²) in [7, 11) is 0. The lowest BCUT2D eigenvalue weighted by molar-refractivity contribution is 0.0663. The molecule has 0 atom stereocenters. The Hall–Kier alpha value is -2.56. The molecule has 0 unspecified atom stereocenters. The number of nitrogens with zero attached hydrogens (tertiary/aromatic N) is 2. The second kappa shape index (κ2) is 4.85. The van der Waals surface area contributed by atoms with Crippen LogP contribution in [0.15, 0.2) is 41.1 Å². The highest BCUT2D eigenvalue weighted by Crippen LogP contribution is 2.27. The summed E-state index contributed by atoms with van der Waals surface area (Å²) in [5.74, 6) is -0.122. The van der Waals surface area contributed by atoms with E-state index in [2.05, 4.69) is 4.98 Å². The van der Waals surface area contributed by atoms with E-state index >= 15 is 0 Å². The molecule has 0 aliphatic heterocycles. The number of carboxylic acid groups (broad SMARTS) is 1. The molecule has 1 aromatic carbocycles. The van der Waals surface area contributed by atoms with Crippen LogP contribution in [0.1, 0.15) is 28.9 Å². The number of furan rings is 1. The summed E-state index contributed by atoms with van der Waals surface area (Å²) >= 11 is 0. The summed E-state index contributed by atoms with van der Waals surface area (Å²) in [4.78, 5) is 15.6. The molecule has 0 fully saturated rings. The first-order chi connectivity index (χ1) is 9.70. The third kappa shape index (κ3) is 1.97. The highest BCUT2D eigenvalue weighted by Gasteiger charge is 2.20. The molecule has 0 bridgehead atoms. The van der Waals surface area contributed by atoms with Crippen LogP contribution in [0.25, 0.3) is 11.0 Å². The molecule has 0 amide bonds. The molecular formula is C15H14N2O3. The van der Waals surface area contributed by atoms with Crippen molar-refractivity contribution in [2.45, 2.75) is 19.9 Å². The van der Waals surface area contributed by atoms with Crippen LogP contribution in [0.3, 0.4) is 0 Å². The van der Waals surface area contributed by atoms with E-state index in [-0.39, 0.29) is 5.76 Å². The zero-order valence-electron chi connectivity index (χ0n) is 11.0. The van der Waals surface area contributed by atoms with Gasteiger partial charge in [-0.25, -0.2) is 9.78 Å². The quantitative estimate of drug-likeness (QED) is 0.791. The van der Waals surface area contributed by atoms with Crippen LogP contribution < -0.4 is 0 Å². The number of carbonyl (C=O) groups is 1. The molecule has 102 valence electrons. The van der Waals surface area contributed by atoms with E-state index in [1.807, 2.05) is 35.9 Å². The van der Waals surface area contributed by atoms with Crippen molar-refractivity contribution in [1.29, 1.82) is 0 Å². The minimum absolute atomic E-state index is 0.00181. The first-order valence-corrected chi connectivity index (χ1v) is 6.44. The van der Waals surface area contributed by atoms with E-state index in [0.29, 0.717) is 17.7 Å². The average Bonchev–Trinajstić information content (AvgIpc) is 3.04. The summed E-state index contributed by atoms with van der Waals surface area (Å²) in [6.07, 6.45) is 4.37. The SMILES string of the molecule is CCc1nccn1Cc1c(C(=O)O)oc2ccccc12. The lowest BCUT2D eigenvalue weighted by Gasteiger charge is -2.06. The maximum absolute atomic E-state index is 11.4. The zero-order valence-corrected chi connectivity index (χ0v) is 11.0. The molecule has 3 rings (SSSR count). The van der Waals surface area contributed by atoms with Crippen LogP contribution in [0.4, 0.5) is 0 Å². The van der Waals surface area contributed by atoms with Crippen LogP contribution in [0, 0.1) is 0 Å². The molecule has 0 aliphatic carbocycles. The summed E-state index contributed by atoms with van der Waals surface area (Å²) in [5, 5.41) is 10.1. The Morgan fingerprint density at radius 1 is 1.40 bits per heavy atom. The Bertz CT molecular complexity index is 770. The van der Waals surface area contributed by atoms with Crippen molar-refractivity contribution >= 4 is 16.9 Å². The van der Waals surface area contributed by atoms with Crippen molar-refractivity contribution in [2.24, 2.45) is 0 Å². The van der Waals surface area contributed by atoms with Crippen molar-refractivity contribution in [3.8, 4) is 0 Å². The van der Waals surface area contributed by atoms with Gasteiger partial charge in [0.25, 0.3) is 0 Å². The Morgan fingerprint density at radius 3 is 2.95 bits per heavy atom. The summed E-state index contributed by atoms with van der Waals surface area (Å²) < 4.78 is 7.40. The second-order valence-corrected chi connectivity index (χ2v) is 4.54. The van der Waals surface area contributed by atoms with Gasteiger partial charge in [0.15, 0.2) is 0 Å². The van der Waals surface area contributed by atoms with Gasteiger partial charge in [0.1, 0.15) is 11.4 Å². The minimum Gasteiger partial charge on any atom is -0.475 e. The van der Waals surface area contributed by atoms with Crippen LogP contribution >= 0.6 is 0 Å². The number of fused-ring (bicyclic) bond motifs is 1. The molecule has 0 saturated heterocycles. The fourth-order valence-corrected chi connectivity index (χ4v) is 2.40. The van der Waals surface area contributed by atoms with Gasteiger partial charge in [-0.1, -0.05) is 25.1 Å². The maximum atomic E-state index is 11.4. The van der Waals surface area contributed by atoms with Gasteiger partial charge in [-0.15, -0.1) is 0 Å². The number of carboxylic acids is 1. The zero-order chi connectivity index (χ0) is 14.1. The molecule has 5 nitrogen and oxygen atoms in total. The largest absolute Gasteiger partial charge is 0.475 e. The topological polar surface area (TPSA) is 68.3 Å². The van der Waals surface area contributed by atoms with Crippen LogP contribution in [-0.4, -0.2) is 20.6 Å². The number of hydrogen-bond acceptors (Lipinski definition) is 3. The maximum Gasteiger partial charge on any atom is 0.372 e. The Morgan fingerprint density at radius 2 is 2.20 bits per heavy atom. The second-order valence-electron chi connectivity index (χ2n) is 4.54. The average molecular weight is 270 g/mol. The molecule has 3 aromatic rings. The first-order valence-electron chi connectivity index (χ1n) is 6.44. The van der Waals surface area contributed by atoms with Crippen LogP contribution in [-0.2, 0) is 13.0 Å². The number of hydrogen-bond donors (Lipinski definition) is 1. The van der Waals surface area contributed by atoms with E-state index in [0.717, 1.165) is 17.6 Å². The fourth-order valence-electron chi connectivity index (χ4n) is 2.40. The number of para-hydroxylation sites is 1. The minimum atomic E-state index is -1.05. The van der Waals surface area contributed by atoms with E-state index in [1.165, 1.54) is 0 Å². The van der Waals surface area contributed by atoms with Gasteiger partial charge in [0.05, 0.1) is 6.54 Å². The van der Waals surface area contributed by atoms with Crippen molar-refractivity contribution in [3.05, 3.63) is 53.8 Å². The number of aryl methyl sites for hydroxylation is 1. The molecule has 0 radical (unpaired) electrons. The molecule has 5 heteroatoms. The third-order valence-electron chi connectivity index (χ3n) is 3.34. The summed E-state index contributed by atoms with van der Waals surface area (Å²) in [6, 6.07) is 7.36. The van der Waals surface area contributed by atoms with E-state index in [1.54, 1.807) is 12.3 Å². The van der Waals surface area contributed by atoms with Crippen molar-refractivity contribution in [3.63, 3.8) is 0 Å². The lowest BCUT2D eigenvalue weighted by atomic mass is 10.1. The normalized spacial score (nSPS) is 11.1. The number of benzene rings is 1. The molecule has 0 aliphatic rings. The summed E-state index contributed by atoms with van der Waals surface area (Å²) in [5.41, 5.74) is 1.28. The Kier molecular flexibility index (Phi) is 3.02. The molecule has 20 heavy (non-hydrogen) atoms. The lowest BCUT2D eigenvalue weighted by Crippen LogP contribution is -2.07. The van der Waals surface area contributed by atoms with Gasteiger partial charge in [0.2, 0.25) is 5.76 Å². The van der Waals surface area contributed by atoms with E-state index < -0.39 is 5.97 Å². The van der Waals surface area contributed by atoms with Gasteiger partial charge in [-0.3, -0.25) is 0 Å². The van der Waals surface area contributed by atoms with Gasteiger partial charge in [0, 0.05) is 29.8 Å². The van der Waals surface area contributed by atoms with Crippen molar-refractivity contribution in [2.75, 3.05) is 0 Å². The molecule has 0 saturated carbocycles. The van der Waals surface area contributed by atoms with Gasteiger partial charge in [-0.05, 0) is 6.07 Å². The van der Waals surface area contributed by atoms with Gasteiger partial charge in [-0.2, -0.15) is 0 Å². The monoisotopic (exact) mass is 270 g/mol. The first kappa shape index (κ1) is 12.5. The third-order valence-corrected chi connectivity index (χ3v) is 3.34. The molecular weight excluding hydrogens is 256 g/mol. The number of aromatic nitrogens is 2. The van der Waals surface area contributed by atoms with Crippen LogP contribution in [0.5, 0.6) is 0 Å². The molecule has 0 spiro atoms. The van der Waals surface area contributed by atoms with Gasteiger partial charge >= 0.3 is 5.97 Å². The van der Waals surface area contributed by atoms with Gasteiger partial charge < -0.3 is 14.1 Å². The number of aromatic carboxylic acids is 1. The van der Waals surface area contributed by atoms with E-state index in [9.17, 15) is 9.90 Å². The highest BCUT2D eigenvalue weighted by atomic mass is 16.4. The van der Waals surface area contributed by atoms with Crippen LogP contribution in [0.2, 0.25) is 0 Å². The van der Waals surface area contributed by atoms with Crippen molar-refractivity contribution in [1.82, 2.24) is 9.55 Å².